The first-order valence-electron chi connectivity index (χ1n) is 8.00. The van der Waals surface area contributed by atoms with Gasteiger partial charge < -0.3 is 16.3 Å². The zero-order chi connectivity index (χ0) is 16.4. The lowest BCUT2D eigenvalue weighted by Crippen LogP contribution is -2.34. The van der Waals surface area contributed by atoms with E-state index in [1.54, 1.807) is 0 Å². The Bertz CT molecular complexity index is 770. The number of aromatic nitrogens is 2. The lowest BCUT2D eigenvalue weighted by molar-refractivity contribution is 0.172. The van der Waals surface area contributed by atoms with Crippen LogP contribution in [0.25, 0.3) is 0 Å². The second-order valence-electron chi connectivity index (χ2n) is 5.90. The number of aryl methyl sites for hydroxylation is 2. The molecule has 0 saturated heterocycles. The third-order valence-electron chi connectivity index (χ3n) is 4.24. The van der Waals surface area contributed by atoms with E-state index in [2.05, 4.69) is 11.1 Å². The van der Waals surface area contributed by atoms with E-state index in [0.717, 1.165) is 25.0 Å². The number of nitrogens with two attached hydrogens (primary N) is 2. The van der Waals surface area contributed by atoms with E-state index in [1.165, 1.54) is 10.2 Å². The van der Waals surface area contributed by atoms with Crippen LogP contribution in [-0.2, 0) is 19.3 Å². The molecule has 23 heavy (non-hydrogen) atoms. The number of nitrogen functional groups attached to an aromatic ring is 2. The van der Waals surface area contributed by atoms with Crippen molar-refractivity contribution in [2.45, 2.75) is 45.1 Å². The van der Waals surface area contributed by atoms with Gasteiger partial charge in [0.1, 0.15) is 23.4 Å². The highest BCUT2D eigenvalue weighted by Crippen LogP contribution is 2.28. The Morgan fingerprint density at radius 3 is 2.96 bits per heavy atom. The van der Waals surface area contributed by atoms with Crippen molar-refractivity contribution in [1.29, 1.82) is 0 Å². The number of benzene rings is 1. The molecule has 0 fully saturated rings. The summed E-state index contributed by atoms with van der Waals surface area (Å²) in [6.45, 7) is 2.02. The number of hydrogen-bond donors (Lipinski definition) is 2. The number of nitrogens with zero attached hydrogens (tertiary/aromatic N) is 2. The predicted molar refractivity (Wildman–Crippen MR) is 89.9 cm³/mol. The second kappa shape index (κ2) is 6.32. The highest BCUT2D eigenvalue weighted by molar-refractivity contribution is 5.42. The third-order valence-corrected chi connectivity index (χ3v) is 4.24. The molecule has 6 nitrogen and oxygen atoms in total. The second-order valence-corrected chi connectivity index (χ2v) is 5.90. The van der Waals surface area contributed by atoms with Gasteiger partial charge in [0.2, 0.25) is 0 Å². The zero-order valence-corrected chi connectivity index (χ0v) is 13.3. The Balaban J connectivity index is 1.87. The van der Waals surface area contributed by atoms with Gasteiger partial charge in [-0.1, -0.05) is 25.1 Å². The fraction of sp³-hybridized carbons (Fsp3) is 0.412. The molecule has 2 heterocycles. The van der Waals surface area contributed by atoms with Crippen molar-refractivity contribution >= 4 is 5.69 Å². The SMILES string of the molecule is CCCc1nc(=O)c(N)c(CC2CCc3ccccc3O2)n1N. The molecule has 0 spiro atoms. The molecule has 3 rings (SSSR count). The number of fused-ring (bicyclic) bond motifs is 1. The van der Waals surface area contributed by atoms with Gasteiger partial charge in [-0.25, -0.2) is 0 Å². The normalized spacial score (nSPS) is 16.7. The lowest BCUT2D eigenvalue weighted by atomic mass is 9.99. The van der Waals surface area contributed by atoms with Gasteiger partial charge in [0.15, 0.2) is 0 Å². The maximum absolute atomic E-state index is 12.0. The van der Waals surface area contributed by atoms with Gasteiger partial charge in [0.25, 0.3) is 5.56 Å². The van der Waals surface area contributed by atoms with Crippen molar-refractivity contribution in [3.8, 4) is 5.75 Å². The lowest BCUT2D eigenvalue weighted by Gasteiger charge is -2.27. The molecule has 1 atom stereocenters. The average molecular weight is 314 g/mol. The molecule has 1 aromatic carbocycles. The molecule has 0 radical (unpaired) electrons. The number of para-hydroxylation sites is 1. The molecule has 4 N–H and O–H groups in total. The van der Waals surface area contributed by atoms with Crippen molar-refractivity contribution in [3.05, 3.63) is 51.7 Å². The Labute approximate surface area is 135 Å². The Hall–Kier alpha value is -2.50. The standard InChI is InChI=1S/C17H22N4O2/c1-2-5-15-20-17(22)16(18)13(21(15)19)10-12-9-8-11-6-3-4-7-14(11)23-12/h3-4,6-7,12H,2,5,8-10,18-19H2,1H3. The Morgan fingerprint density at radius 2 is 2.17 bits per heavy atom. The van der Waals surface area contributed by atoms with Crippen LogP contribution in [0.4, 0.5) is 5.69 Å². The van der Waals surface area contributed by atoms with Gasteiger partial charge in [-0.05, 0) is 30.9 Å². The molecule has 2 aromatic rings. The smallest absolute Gasteiger partial charge is 0.296 e. The van der Waals surface area contributed by atoms with Crippen molar-refractivity contribution in [2.24, 2.45) is 0 Å². The predicted octanol–water partition coefficient (Wildman–Crippen LogP) is 1.43. The molecule has 1 aromatic heterocycles. The van der Waals surface area contributed by atoms with Crippen molar-refractivity contribution < 1.29 is 4.74 Å². The summed E-state index contributed by atoms with van der Waals surface area (Å²) in [6.07, 6.45) is 3.79. The summed E-state index contributed by atoms with van der Waals surface area (Å²) in [7, 11) is 0. The van der Waals surface area contributed by atoms with E-state index in [9.17, 15) is 4.79 Å². The summed E-state index contributed by atoms with van der Waals surface area (Å²) in [6, 6.07) is 8.01. The molecule has 0 saturated carbocycles. The van der Waals surface area contributed by atoms with Crippen molar-refractivity contribution in [2.75, 3.05) is 11.6 Å². The number of anilines is 1. The highest BCUT2D eigenvalue weighted by Gasteiger charge is 2.23. The van der Waals surface area contributed by atoms with E-state index in [4.69, 9.17) is 16.3 Å². The van der Waals surface area contributed by atoms with Gasteiger partial charge in [-0.2, -0.15) is 4.98 Å². The first-order chi connectivity index (χ1) is 11.1. The number of rotatable bonds is 4. The molecular formula is C17H22N4O2. The average Bonchev–Trinajstić information content (AvgIpc) is 2.56. The summed E-state index contributed by atoms with van der Waals surface area (Å²) in [5.41, 5.74) is 7.47. The van der Waals surface area contributed by atoms with Crippen LogP contribution < -0.4 is 21.9 Å². The molecule has 6 heteroatoms. The van der Waals surface area contributed by atoms with Crippen LogP contribution in [0.5, 0.6) is 5.75 Å². The van der Waals surface area contributed by atoms with Gasteiger partial charge in [0, 0.05) is 12.8 Å². The summed E-state index contributed by atoms with van der Waals surface area (Å²) in [5, 5.41) is 0. The van der Waals surface area contributed by atoms with Gasteiger partial charge in [-0.15, -0.1) is 0 Å². The molecule has 1 aliphatic rings. The minimum Gasteiger partial charge on any atom is -0.490 e. The molecule has 122 valence electrons. The summed E-state index contributed by atoms with van der Waals surface area (Å²) in [5.74, 6) is 7.60. The largest absolute Gasteiger partial charge is 0.490 e. The van der Waals surface area contributed by atoms with Crippen molar-refractivity contribution in [3.63, 3.8) is 0 Å². The third kappa shape index (κ3) is 3.02. The zero-order valence-electron chi connectivity index (χ0n) is 13.3. The summed E-state index contributed by atoms with van der Waals surface area (Å²) in [4.78, 5) is 16.0. The van der Waals surface area contributed by atoms with Crippen LogP contribution in [0.2, 0.25) is 0 Å². The van der Waals surface area contributed by atoms with E-state index < -0.39 is 5.56 Å². The van der Waals surface area contributed by atoms with E-state index in [-0.39, 0.29) is 11.8 Å². The van der Waals surface area contributed by atoms with Crippen LogP contribution in [-0.4, -0.2) is 15.8 Å². The molecule has 1 unspecified atom stereocenters. The molecule has 1 aliphatic heterocycles. The Kier molecular flexibility index (Phi) is 4.23. The van der Waals surface area contributed by atoms with E-state index in [0.29, 0.717) is 24.4 Å². The summed E-state index contributed by atoms with van der Waals surface area (Å²) < 4.78 is 7.50. The first-order valence-corrected chi connectivity index (χ1v) is 8.00. The number of hydrogen-bond acceptors (Lipinski definition) is 5. The van der Waals surface area contributed by atoms with Crippen LogP contribution in [0.3, 0.4) is 0 Å². The van der Waals surface area contributed by atoms with Gasteiger partial charge in [-0.3, -0.25) is 9.47 Å². The molecule has 0 bridgehead atoms. The van der Waals surface area contributed by atoms with Gasteiger partial charge in [0.05, 0.1) is 5.69 Å². The fourth-order valence-corrected chi connectivity index (χ4v) is 2.99. The highest BCUT2D eigenvalue weighted by atomic mass is 16.5. The Morgan fingerprint density at radius 1 is 1.39 bits per heavy atom. The maximum Gasteiger partial charge on any atom is 0.296 e. The topological polar surface area (TPSA) is 96.2 Å². The molecule has 0 aliphatic carbocycles. The minimum absolute atomic E-state index is 0.0433. The summed E-state index contributed by atoms with van der Waals surface area (Å²) >= 11 is 0. The maximum atomic E-state index is 12.0. The fourth-order valence-electron chi connectivity index (χ4n) is 2.99. The van der Waals surface area contributed by atoms with Crippen molar-refractivity contribution in [1.82, 2.24) is 9.66 Å². The van der Waals surface area contributed by atoms with E-state index in [1.807, 2.05) is 25.1 Å². The van der Waals surface area contributed by atoms with Crippen LogP contribution in [0.1, 0.15) is 36.8 Å². The van der Waals surface area contributed by atoms with E-state index >= 15 is 0 Å². The van der Waals surface area contributed by atoms with Crippen LogP contribution in [0.15, 0.2) is 29.1 Å². The molecule has 0 amide bonds. The number of ether oxygens (including phenoxy) is 1. The minimum atomic E-state index is -0.402. The quantitative estimate of drug-likeness (QED) is 0.832. The molecular weight excluding hydrogens is 292 g/mol. The van der Waals surface area contributed by atoms with Crippen LogP contribution in [0, 0.1) is 0 Å². The van der Waals surface area contributed by atoms with Gasteiger partial charge >= 0.3 is 0 Å². The first kappa shape index (κ1) is 15.4. The monoisotopic (exact) mass is 314 g/mol. The van der Waals surface area contributed by atoms with Crippen LogP contribution >= 0.6 is 0 Å².